The van der Waals surface area contributed by atoms with Gasteiger partial charge >= 0.3 is 17.9 Å². The Morgan fingerprint density at radius 1 is 1.24 bits per heavy atom. The molecule has 1 saturated heterocycles. The average Bonchev–Trinajstić information content (AvgIpc) is 3.13. The molecule has 1 aromatic carbocycles. The van der Waals surface area contributed by atoms with Crippen LogP contribution in [0, 0.1) is 11.3 Å². The zero-order valence-corrected chi connectivity index (χ0v) is 13.9. The number of ether oxygens (including phenoxy) is 1. The van der Waals surface area contributed by atoms with Crippen molar-refractivity contribution in [3.05, 3.63) is 35.4 Å². The van der Waals surface area contributed by atoms with Gasteiger partial charge in [0.15, 0.2) is 0 Å². The number of cyclic esters (lactones) is 1. The standard InChI is InChI=1S/C19H22O6/c20-16(21)8-15(18(23)24)7-12-1-3-13(4-2-12)14-5-6-19(9-14)10-17(22)25-11-19/h1-4,14-15H,5-11H2,(H,20,21)(H,23,24)/t14-,15?,19+/m1/s1. The van der Waals surface area contributed by atoms with Crippen LogP contribution in [0.4, 0.5) is 0 Å². The summed E-state index contributed by atoms with van der Waals surface area (Å²) >= 11 is 0. The first-order chi connectivity index (χ1) is 11.9. The van der Waals surface area contributed by atoms with E-state index in [0.29, 0.717) is 18.9 Å². The molecule has 6 nitrogen and oxygen atoms in total. The molecule has 0 amide bonds. The second-order valence-corrected chi connectivity index (χ2v) is 7.36. The first-order valence-corrected chi connectivity index (χ1v) is 8.56. The molecule has 1 spiro atoms. The number of esters is 1. The van der Waals surface area contributed by atoms with E-state index in [1.807, 2.05) is 24.3 Å². The van der Waals surface area contributed by atoms with Crippen molar-refractivity contribution in [1.82, 2.24) is 0 Å². The fourth-order valence-electron chi connectivity index (χ4n) is 4.09. The summed E-state index contributed by atoms with van der Waals surface area (Å²) in [4.78, 5) is 33.4. The third-order valence-electron chi connectivity index (χ3n) is 5.46. The lowest BCUT2D eigenvalue weighted by atomic mass is 9.83. The molecule has 3 atom stereocenters. The van der Waals surface area contributed by atoms with Gasteiger partial charge in [-0.05, 0) is 42.7 Å². The lowest BCUT2D eigenvalue weighted by Gasteiger charge is -2.19. The van der Waals surface area contributed by atoms with E-state index in [4.69, 9.17) is 14.9 Å². The maximum absolute atomic E-state index is 11.4. The maximum Gasteiger partial charge on any atom is 0.307 e. The summed E-state index contributed by atoms with van der Waals surface area (Å²) in [6, 6.07) is 7.76. The number of carboxylic acid groups (broad SMARTS) is 2. The van der Waals surface area contributed by atoms with Gasteiger partial charge in [-0.3, -0.25) is 14.4 Å². The zero-order chi connectivity index (χ0) is 18.0. The van der Waals surface area contributed by atoms with E-state index >= 15 is 0 Å². The molecule has 1 unspecified atom stereocenters. The minimum Gasteiger partial charge on any atom is -0.481 e. The monoisotopic (exact) mass is 346 g/mol. The van der Waals surface area contributed by atoms with Crippen LogP contribution in [-0.2, 0) is 25.5 Å². The van der Waals surface area contributed by atoms with Crippen LogP contribution in [-0.4, -0.2) is 34.7 Å². The van der Waals surface area contributed by atoms with Crippen LogP contribution in [0.1, 0.15) is 49.1 Å². The quantitative estimate of drug-likeness (QED) is 0.768. The fourth-order valence-corrected chi connectivity index (χ4v) is 4.09. The molecular formula is C19H22O6. The van der Waals surface area contributed by atoms with E-state index in [1.165, 1.54) is 5.56 Å². The highest BCUT2D eigenvalue weighted by molar-refractivity contribution is 5.78. The molecule has 3 rings (SSSR count). The Kier molecular flexibility index (Phi) is 4.79. The van der Waals surface area contributed by atoms with Gasteiger partial charge in [0, 0.05) is 5.41 Å². The highest BCUT2D eigenvalue weighted by Crippen LogP contribution is 2.51. The number of carbonyl (C=O) groups excluding carboxylic acids is 1. The number of hydrogen-bond donors (Lipinski definition) is 2. The van der Waals surface area contributed by atoms with Crippen LogP contribution >= 0.6 is 0 Å². The normalized spacial score (nSPS) is 26.6. The van der Waals surface area contributed by atoms with Crippen molar-refractivity contribution in [3.63, 3.8) is 0 Å². The zero-order valence-electron chi connectivity index (χ0n) is 13.9. The Bertz CT molecular complexity index is 680. The maximum atomic E-state index is 11.4. The summed E-state index contributed by atoms with van der Waals surface area (Å²) in [5.41, 5.74) is 2.01. The smallest absolute Gasteiger partial charge is 0.307 e. The second-order valence-electron chi connectivity index (χ2n) is 7.36. The predicted molar refractivity (Wildman–Crippen MR) is 88.1 cm³/mol. The number of benzene rings is 1. The van der Waals surface area contributed by atoms with Crippen molar-refractivity contribution in [2.75, 3.05) is 6.61 Å². The first kappa shape index (κ1) is 17.5. The van der Waals surface area contributed by atoms with Crippen LogP contribution in [0.3, 0.4) is 0 Å². The van der Waals surface area contributed by atoms with Crippen molar-refractivity contribution in [3.8, 4) is 0 Å². The molecule has 0 aromatic heterocycles. The molecule has 1 heterocycles. The Balaban J connectivity index is 1.63. The molecule has 2 fully saturated rings. The van der Waals surface area contributed by atoms with Crippen molar-refractivity contribution >= 4 is 17.9 Å². The van der Waals surface area contributed by atoms with Crippen LogP contribution in [0.2, 0.25) is 0 Å². The third kappa shape index (κ3) is 4.00. The molecule has 1 aliphatic carbocycles. The van der Waals surface area contributed by atoms with E-state index in [1.54, 1.807) is 0 Å². The van der Waals surface area contributed by atoms with Gasteiger partial charge in [0.05, 0.1) is 25.4 Å². The molecule has 1 saturated carbocycles. The number of carbonyl (C=O) groups is 3. The van der Waals surface area contributed by atoms with Crippen LogP contribution < -0.4 is 0 Å². The molecule has 1 aliphatic heterocycles. The van der Waals surface area contributed by atoms with E-state index in [2.05, 4.69) is 0 Å². The Morgan fingerprint density at radius 2 is 1.96 bits per heavy atom. The van der Waals surface area contributed by atoms with E-state index < -0.39 is 17.9 Å². The van der Waals surface area contributed by atoms with E-state index in [9.17, 15) is 14.4 Å². The highest BCUT2D eigenvalue weighted by Gasteiger charge is 2.46. The summed E-state index contributed by atoms with van der Waals surface area (Å²) in [5, 5.41) is 18.0. The van der Waals surface area contributed by atoms with Gasteiger partial charge < -0.3 is 14.9 Å². The molecular weight excluding hydrogens is 324 g/mol. The summed E-state index contributed by atoms with van der Waals surface area (Å²) in [6.45, 7) is 0.524. The Labute approximate surface area is 145 Å². The van der Waals surface area contributed by atoms with Crippen molar-refractivity contribution in [2.24, 2.45) is 11.3 Å². The minimum atomic E-state index is -1.10. The molecule has 0 bridgehead atoms. The van der Waals surface area contributed by atoms with Crippen LogP contribution in [0.5, 0.6) is 0 Å². The van der Waals surface area contributed by atoms with Crippen LogP contribution in [0.15, 0.2) is 24.3 Å². The summed E-state index contributed by atoms with van der Waals surface area (Å²) < 4.78 is 5.15. The van der Waals surface area contributed by atoms with E-state index in [0.717, 1.165) is 24.8 Å². The van der Waals surface area contributed by atoms with Crippen molar-refractivity contribution in [1.29, 1.82) is 0 Å². The molecule has 1 aromatic rings. The number of hydrogen-bond acceptors (Lipinski definition) is 4. The van der Waals surface area contributed by atoms with Gasteiger partial charge in [-0.15, -0.1) is 0 Å². The summed E-state index contributed by atoms with van der Waals surface area (Å²) in [6.07, 6.45) is 3.29. The Hall–Kier alpha value is -2.37. The molecule has 6 heteroatoms. The van der Waals surface area contributed by atoms with Gasteiger partial charge in [0.1, 0.15) is 0 Å². The van der Waals surface area contributed by atoms with Gasteiger partial charge in [-0.2, -0.15) is 0 Å². The molecule has 2 N–H and O–H groups in total. The largest absolute Gasteiger partial charge is 0.481 e. The topological polar surface area (TPSA) is 101 Å². The Morgan fingerprint density at radius 3 is 2.52 bits per heavy atom. The SMILES string of the molecule is O=C(O)CC(Cc1ccc([C@@H]2CC[C@]3(COC(=O)C3)C2)cc1)C(=O)O. The second kappa shape index (κ2) is 6.86. The minimum absolute atomic E-state index is 0.00366. The number of carboxylic acids is 2. The van der Waals surface area contributed by atoms with Gasteiger partial charge in [0.2, 0.25) is 0 Å². The summed E-state index contributed by atoms with van der Waals surface area (Å²) in [7, 11) is 0. The number of rotatable bonds is 6. The van der Waals surface area contributed by atoms with Crippen LogP contribution in [0.25, 0.3) is 0 Å². The molecule has 0 radical (unpaired) electrons. The van der Waals surface area contributed by atoms with Gasteiger partial charge in [0.25, 0.3) is 0 Å². The number of aliphatic carboxylic acids is 2. The summed E-state index contributed by atoms with van der Waals surface area (Å²) in [5.74, 6) is -2.82. The molecule has 134 valence electrons. The molecule has 2 aliphatic rings. The third-order valence-corrected chi connectivity index (χ3v) is 5.46. The highest BCUT2D eigenvalue weighted by atomic mass is 16.5. The van der Waals surface area contributed by atoms with Crippen molar-refractivity contribution < 1.29 is 29.3 Å². The molecule has 25 heavy (non-hydrogen) atoms. The van der Waals surface area contributed by atoms with Gasteiger partial charge in [-0.1, -0.05) is 24.3 Å². The van der Waals surface area contributed by atoms with Gasteiger partial charge in [-0.25, -0.2) is 0 Å². The van der Waals surface area contributed by atoms with Crippen molar-refractivity contribution in [2.45, 2.75) is 44.4 Å². The predicted octanol–water partition coefficient (Wildman–Crippen LogP) is 2.61. The van der Waals surface area contributed by atoms with E-state index in [-0.39, 0.29) is 24.2 Å². The first-order valence-electron chi connectivity index (χ1n) is 8.56. The lowest BCUT2D eigenvalue weighted by molar-refractivity contribution is -0.148. The fraction of sp³-hybridized carbons (Fsp3) is 0.526. The lowest BCUT2D eigenvalue weighted by Crippen LogP contribution is -2.20. The average molecular weight is 346 g/mol.